The first kappa shape index (κ1) is 13.9. The van der Waals surface area contributed by atoms with Crippen molar-refractivity contribution in [3.63, 3.8) is 0 Å². The zero-order chi connectivity index (χ0) is 14.7. The van der Waals surface area contributed by atoms with E-state index < -0.39 is 23.2 Å². The van der Waals surface area contributed by atoms with Gasteiger partial charge in [-0.15, -0.1) is 0 Å². The minimum Gasteiger partial charge on any atom is -0.478 e. The van der Waals surface area contributed by atoms with Crippen molar-refractivity contribution in [1.82, 2.24) is 4.98 Å². The molecule has 1 aromatic carbocycles. The Balaban J connectivity index is 2.18. The molecule has 0 saturated heterocycles. The highest BCUT2D eigenvalue weighted by atomic mass is 19.1. The number of rotatable bonds is 4. The third-order valence-electron chi connectivity index (χ3n) is 2.74. The minimum atomic E-state index is -1.44. The lowest BCUT2D eigenvalue weighted by molar-refractivity contribution is 0.0692. The minimum absolute atomic E-state index is 0.0654. The second-order valence-electron chi connectivity index (χ2n) is 4.28. The van der Waals surface area contributed by atoms with Crippen LogP contribution in [0.2, 0.25) is 0 Å². The lowest BCUT2D eigenvalue weighted by Crippen LogP contribution is -2.07. The Bertz CT molecular complexity index is 642. The van der Waals surface area contributed by atoms with Gasteiger partial charge in [0.15, 0.2) is 0 Å². The summed E-state index contributed by atoms with van der Waals surface area (Å²) in [5.74, 6) is -3.38. The molecule has 0 bridgehead atoms. The van der Waals surface area contributed by atoms with Crippen molar-refractivity contribution in [3.8, 4) is 0 Å². The van der Waals surface area contributed by atoms with E-state index in [4.69, 9.17) is 5.11 Å². The van der Waals surface area contributed by atoms with E-state index in [1.165, 1.54) is 0 Å². The third-order valence-corrected chi connectivity index (χ3v) is 2.74. The second-order valence-corrected chi connectivity index (χ2v) is 4.28. The van der Waals surface area contributed by atoms with Gasteiger partial charge in [-0.05, 0) is 24.6 Å². The number of aromatic carboxylic acids is 1. The van der Waals surface area contributed by atoms with Gasteiger partial charge in [0, 0.05) is 24.5 Å². The highest BCUT2D eigenvalue weighted by Crippen LogP contribution is 2.20. The van der Waals surface area contributed by atoms with Gasteiger partial charge in [-0.3, -0.25) is 4.98 Å². The van der Waals surface area contributed by atoms with Crippen molar-refractivity contribution in [2.24, 2.45) is 0 Å². The quantitative estimate of drug-likeness (QED) is 0.902. The maximum atomic E-state index is 13.5. The molecule has 0 spiro atoms. The fourth-order valence-corrected chi connectivity index (χ4v) is 1.65. The van der Waals surface area contributed by atoms with E-state index >= 15 is 0 Å². The predicted octanol–water partition coefficient (Wildman–Crippen LogP) is 2.98. The summed E-state index contributed by atoms with van der Waals surface area (Å²) in [6.07, 6.45) is 1.63. The molecule has 0 atom stereocenters. The van der Waals surface area contributed by atoms with E-state index in [2.05, 4.69) is 10.3 Å². The third kappa shape index (κ3) is 3.09. The number of anilines is 1. The van der Waals surface area contributed by atoms with Crippen LogP contribution in [0.15, 0.2) is 30.5 Å². The number of nitrogens with zero attached hydrogens (tertiary/aromatic N) is 1. The summed E-state index contributed by atoms with van der Waals surface area (Å²) in [7, 11) is 0. The zero-order valence-electron chi connectivity index (χ0n) is 10.7. The van der Waals surface area contributed by atoms with Gasteiger partial charge >= 0.3 is 5.97 Å². The van der Waals surface area contributed by atoms with Gasteiger partial charge < -0.3 is 10.4 Å². The number of carboxylic acids is 1. The molecule has 2 rings (SSSR count). The number of benzene rings is 1. The smallest absolute Gasteiger partial charge is 0.338 e. The van der Waals surface area contributed by atoms with Crippen LogP contribution in [0.25, 0.3) is 0 Å². The fourth-order valence-electron chi connectivity index (χ4n) is 1.65. The first-order valence-corrected chi connectivity index (χ1v) is 5.85. The standard InChI is InChI=1S/C14H12F2N2O2/c1-8-2-3-9(6-17-8)7-18-13-4-10(14(19)20)11(15)5-12(13)16/h2-6,18H,7H2,1H3,(H,19,20). The van der Waals surface area contributed by atoms with Gasteiger partial charge in [-0.25, -0.2) is 13.6 Å². The van der Waals surface area contributed by atoms with Crippen LogP contribution in [-0.4, -0.2) is 16.1 Å². The van der Waals surface area contributed by atoms with Crippen LogP contribution < -0.4 is 5.32 Å². The Hall–Kier alpha value is -2.50. The van der Waals surface area contributed by atoms with Crippen LogP contribution in [0, 0.1) is 18.6 Å². The van der Waals surface area contributed by atoms with Crippen molar-refractivity contribution in [2.75, 3.05) is 5.32 Å². The molecule has 0 aliphatic carbocycles. The Morgan fingerprint density at radius 3 is 2.65 bits per heavy atom. The lowest BCUT2D eigenvalue weighted by Gasteiger charge is -2.09. The Labute approximate surface area is 114 Å². The van der Waals surface area contributed by atoms with Crippen LogP contribution in [0.1, 0.15) is 21.6 Å². The monoisotopic (exact) mass is 278 g/mol. The molecule has 0 amide bonds. The van der Waals surface area contributed by atoms with E-state index in [-0.39, 0.29) is 12.2 Å². The van der Waals surface area contributed by atoms with Crippen molar-refractivity contribution in [1.29, 1.82) is 0 Å². The van der Waals surface area contributed by atoms with Gasteiger partial charge in [0.05, 0.1) is 11.3 Å². The van der Waals surface area contributed by atoms with E-state index in [1.54, 1.807) is 12.3 Å². The molecule has 2 N–H and O–H groups in total. The molecule has 0 unspecified atom stereocenters. The number of carbonyl (C=O) groups is 1. The van der Waals surface area contributed by atoms with Gasteiger partial charge in [0.1, 0.15) is 11.6 Å². The van der Waals surface area contributed by atoms with Crippen molar-refractivity contribution in [3.05, 3.63) is 58.9 Å². The molecule has 1 aromatic heterocycles. The van der Waals surface area contributed by atoms with E-state index in [1.807, 2.05) is 13.0 Å². The Morgan fingerprint density at radius 2 is 2.05 bits per heavy atom. The average molecular weight is 278 g/mol. The molecule has 20 heavy (non-hydrogen) atoms. The molecule has 0 aliphatic heterocycles. The van der Waals surface area contributed by atoms with Gasteiger partial charge in [0.25, 0.3) is 0 Å². The van der Waals surface area contributed by atoms with E-state index in [0.29, 0.717) is 6.07 Å². The van der Waals surface area contributed by atoms with Crippen molar-refractivity contribution < 1.29 is 18.7 Å². The fraction of sp³-hybridized carbons (Fsp3) is 0.143. The van der Waals surface area contributed by atoms with Gasteiger partial charge in [-0.2, -0.15) is 0 Å². The van der Waals surface area contributed by atoms with Crippen molar-refractivity contribution >= 4 is 11.7 Å². The van der Waals surface area contributed by atoms with Gasteiger partial charge in [-0.1, -0.05) is 6.07 Å². The normalized spacial score (nSPS) is 10.3. The summed E-state index contributed by atoms with van der Waals surface area (Å²) in [6, 6.07) is 5.11. The molecule has 0 radical (unpaired) electrons. The molecule has 4 nitrogen and oxygen atoms in total. The summed E-state index contributed by atoms with van der Waals surface area (Å²) in [5.41, 5.74) is 1.02. The number of hydrogen-bond acceptors (Lipinski definition) is 3. The molecule has 0 saturated carbocycles. The van der Waals surface area contributed by atoms with Crippen LogP contribution in [0.5, 0.6) is 0 Å². The van der Waals surface area contributed by atoms with Crippen LogP contribution in [0.3, 0.4) is 0 Å². The van der Waals surface area contributed by atoms with Crippen LogP contribution in [0.4, 0.5) is 14.5 Å². The highest BCUT2D eigenvalue weighted by molar-refractivity contribution is 5.89. The molecule has 104 valence electrons. The summed E-state index contributed by atoms with van der Waals surface area (Å²) in [4.78, 5) is 14.9. The second kappa shape index (κ2) is 5.64. The number of aromatic nitrogens is 1. The number of carboxylic acid groups (broad SMARTS) is 1. The molecule has 0 aliphatic rings. The summed E-state index contributed by atoms with van der Waals surface area (Å²) in [5, 5.41) is 11.5. The van der Waals surface area contributed by atoms with E-state index in [0.717, 1.165) is 17.3 Å². The topological polar surface area (TPSA) is 62.2 Å². The number of aryl methyl sites for hydroxylation is 1. The molecular weight excluding hydrogens is 266 g/mol. The summed E-state index contributed by atoms with van der Waals surface area (Å²) < 4.78 is 26.8. The average Bonchev–Trinajstić information content (AvgIpc) is 2.39. The van der Waals surface area contributed by atoms with Gasteiger partial charge in [0.2, 0.25) is 0 Å². The number of pyridine rings is 1. The number of hydrogen-bond donors (Lipinski definition) is 2. The van der Waals surface area contributed by atoms with E-state index in [9.17, 15) is 13.6 Å². The Kier molecular flexibility index (Phi) is 3.93. The first-order chi connectivity index (χ1) is 9.47. The number of nitrogens with one attached hydrogen (secondary N) is 1. The molecule has 0 fully saturated rings. The maximum Gasteiger partial charge on any atom is 0.338 e. The largest absolute Gasteiger partial charge is 0.478 e. The summed E-state index contributed by atoms with van der Waals surface area (Å²) in [6.45, 7) is 2.10. The molecular formula is C14H12F2N2O2. The predicted molar refractivity (Wildman–Crippen MR) is 69.6 cm³/mol. The SMILES string of the molecule is Cc1ccc(CNc2cc(C(=O)O)c(F)cc2F)cn1. The van der Waals surface area contributed by atoms with Crippen molar-refractivity contribution in [2.45, 2.75) is 13.5 Å². The first-order valence-electron chi connectivity index (χ1n) is 5.85. The maximum absolute atomic E-state index is 13.5. The highest BCUT2D eigenvalue weighted by Gasteiger charge is 2.15. The number of halogens is 2. The Morgan fingerprint density at radius 1 is 1.30 bits per heavy atom. The molecule has 2 aromatic rings. The van der Waals surface area contributed by atoms with Crippen LogP contribution in [-0.2, 0) is 6.54 Å². The van der Waals surface area contributed by atoms with Crippen LogP contribution >= 0.6 is 0 Å². The summed E-state index contributed by atoms with van der Waals surface area (Å²) >= 11 is 0. The lowest BCUT2D eigenvalue weighted by atomic mass is 10.1. The molecule has 1 heterocycles. The molecule has 6 heteroatoms. The zero-order valence-corrected chi connectivity index (χ0v) is 10.7.